The molecule has 0 spiro atoms. The molecular formula is C23H23NO3S. The van der Waals surface area contributed by atoms with Gasteiger partial charge in [-0.2, -0.15) is 0 Å². The van der Waals surface area contributed by atoms with E-state index >= 15 is 0 Å². The van der Waals surface area contributed by atoms with Gasteiger partial charge in [0.15, 0.2) is 0 Å². The first kappa shape index (κ1) is 18.7. The Hall–Kier alpha value is -2.63. The van der Waals surface area contributed by atoms with Crippen molar-refractivity contribution < 1.29 is 14.3 Å². The van der Waals surface area contributed by atoms with Crippen molar-refractivity contribution in [3.63, 3.8) is 0 Å². The van der Waals surface area contributed by atoms with Crippen LogP contribution in [-0.2, 0) is 22.6 Å². The number of amides is 1. The van der Waals surface area contributed by atoms with E-state index in [1.54, 1.807) is 18.4 Å². The molecule has 4 rings (SSSR count). The summed E-state index contributed by atoms with van der Waals surface area (Å²) in [5.41, 5.74) is 3.38. The number of ether oxygens (including phenoxy) is 2. The van der Waals surface area contributed by atoms with Crippen molar-refractivity contribution in [3.05, 3.63) is 87.6 Å². The van der Waals surface area contributed by atoms with E-state index in [-0.39, 0.29) is 18.6 Å². The first-order valence-electron chi connectivity index (χ1n) is 9.37. The largest absolute Gasteiger partial charge is 0.497 e. The highest BCUT2D eigenvalue weighted by Crippen LogP contribution is 2.38. The van der Waals surface area contributed by atoms with Crippen LogP contribution in [0.1, 0.15) is 27.6 Å². The fourth-order valence-electron chi connectivity index (χ4n) is 3.64. The lowest BCUT2D eigenvalue weighted by molar-refractivity contribution is -0.138. The van der Waals surface area contributed by atoms with Gasteiger partial charge in [-0.1, -0.05) is 42.5 Å². The molecule has 0 radical (unpaired) electrons. The summed E-state index contributed by atoms with van der Waals surface area (Å²) in [5.74, 6) is 0.836. The van der Waals surface area contributed by atoms with E-state index in [0.717, 1.165) is 23.3 Å². The second kappa shape index (κ2) is 8.59. The van der Waals surface area contributed by atoms with Gasteiger partial charge in [0.1, 0.15) is 12.4 Å². The minimum absolute atomic E-state index is 0.0219. The van der Waals surface area contributed by atoms with Crippen LogP contribution in [0.25, 0.3) is 0 Å². The van der Waals surface area contributed by atoms with Gasteiger partial charge in [0.2, 0.25) is 5.91 Å². The van der Waals surface area contributed by atoms with Crippen LogP contribution in [0.5, 0.6) is 5.75 Å². The molecule has 0 fully saturated rings. The normalized spacial score (nSPS) is 15.9. The zero-order valence-electron chi connectivity index (χ0n) is 15.8. The van der Waals surface area contributed by atoms with Crippen LogP contribution in [0, 0.1) is 0 Å². The summed E-state index contributed by atoms with van der Waals surface area (Å²) in [6, 6.07) is 20.0. The number of methoxy groups -OCH3 is 1. The van der Waals surface area contributed by atoms with Gasteiger partial charge < -0.3 is 14.4 Å². The van der Waals surface area contributed by atoms with Crippen molar-refractivity contribution in [3.8, 4) is 5.75 Å². The van der Waals surface area contributed by atoms with E-state index in [4.69, 9.17) is 9.47 Å². The molecule has 0 saturated carbocycles. The number of fused-ring (bicyclic) bond motifs is 1. The Morgan fingerprint density at radius 2 is 1.89 bits per heavy atom. The van der Waals surface area contributed by atoms with E-state index in [1.807, 2.05) is 59.5 Å². The monoisotopic (exact) mass is 393 g/mol. The first-order chi connectivity index (χ1) is 13.8. The predicted octanol–water partition coefficient (Wildman–Crippen LogP) is 4.45. The standard InChI is InChI=1S/C23H23NO3S/c1-26-19-9-7-18(8-10-19)23-20-12-14-28-21(20)11-13-24(23)22(25)16-27-15-17-5-3-2-4-6-17/h2-10,12,14,23H,11,13,15-16H2,1H3. The van der Waals surface area contributed by atoms with Crippen LogP contribution in [-0.4, -0.2) is 31.1 Å². The quantitative estimate of drug-likeness (QED) is 0.621. The van der Waals surface area contributed by atoms with Gasteiger partial charge in [-0.25, -0.2) is 0 Å². The molecule has 2 aromatic carbocycles. The highest BCUT2D eigenvalue weighted by Gasteiger charge is 2.32. The molecule has 4 nitrogen and oxygen atoms in total. The van der Waals surface area contributed by atoms with Crippen molar-refractivity contribution in [1.82, 2.24) is 4.90 Å². The molecule has 28 heavy (non-hydrogen) atoms. The van der Waals surface area contributed by atoms with E-state index in [1.165, 1.54) is 10.4 Å². The Balaban J connectivity index is 1.51. The van der Waals surface area contributed by atoms with Gasteiger partial charge in [0.25, 0.3) is 0 Å². The predicted molar refractivity (Wildman–Crippen MR) is 111 cm³/mol. The first-order valence-corrected chi connectivity index (χ1v) is 10.3. The van der Waals surface area contributed by atoms with Crippen LogP contribution in [0.3, 0.4) is 0 Å². The number of benzene rings is 2. The second-order valence-electron chi connectivity index (χ2n) is 6.79. The van der Waals surface area contributed by atoms with Crippen molar-refractivity contribution in [1.29, 1.82) is 0 Å². The number of nitrogens with zero attached hydrogens (tertiary/aromatic N) is 1. The van der Waals surface area contributed by atoms with Crippen molar-refractivity contribution >= 4 is 17.2 Å². The molecule has 1 aromatic heterocycles. The zero-order valence-corrected chi connectivity index (χ0v) is 16.7. The minimum Gasteiger partial charge on any atom is -0.497 e. The zero-order chi connectivity index (χ0) is 19.3. The number of hydrogen-bond acceptors (Lipinski definition) is 4. The summed E-state index contributed by atoms with van der Waals surface area (Å²) >= 11 is 1.77. The van der Waals surface area contributed by atoms with Crippen molar-refractivity contribution in [2.45, 2.75) is 19.1 Å². The van der Waals surface area contributed by atoms with Crippen LogP contribution < -0.4 is 4.74 Å². The molecule has 0 N–H and O–H groups in total. The van der Waals surface area contributed by atoms with E-state index < -0.39 is 0 Å². The Morgan fingerprint density at radius 1 is 1.11 bits per heavy atom. The molecule has 0 bridgehead atoms. The average molecular weight is 394 g/mol. The second-order valence-corrected chi connectivity index (χ2v) is 7.79. The molecule has 3 aromatic rings. The minimum atomic E-state index is -0.0752. The van der Waals surface area contributed by atoms with Gasteiger partial charge in [0, 0.05) is 11.4 Å². The van der Waals surface area contributed by atoms with E-state index in [2.05, 4.69) is 11.4 Å². The molecule has 1 aliphatic rings. The number of rotatable bonds is 6. The number of carbonyl (C=O) groups excluding carboxylic acids is 1. The molecule has 1 aliphatic heterocycles. The molecule has 144 valence electrons. The Bertz CT molecular complexity index is 921. The fourth-order valence-corrected chi connectivity index (χ4v) is 4.55. The number of hydrogen-bond donors (Lipinski definition) is 0. The summed E-state index contributed by atoms with van der Waals surface area (Å²) < 4.78 is 11.0. The third-order valence-electron chi connectivity index (χ3n) is 5.05. The molecule has 5 heteroatoms. The molecule has 0 aliphatic carbocycles. The lowest BCUT2D eigenvalue weighted by atomic mass is 9.93. The van der Waals surface area contributed by atoms with Crippen LogP contribution in [0.4, 0.5) is 0 Å². The topological polar surface area (TPSA) is 38.8 Å². The van der Waals surface area contributed by atoms with Gasteiger partial charge in [-0.3, -0.25) is 4.79 Å². The summed E-state index contributed by atoms with van der Waals surface area (Å²) in [6.45, 7) is 1.23. The molecule has 1 atom stereocenters. The highest BCUT2D eigenvalue weighted by atomic mass is 32.1. The summed E-state index contributed by atoms with van der Waals surface area (Å²) in [5, 5.41) is 2.11. The smallest absolute Gasteiger partial charge is 0.249 e. The average Bonchev–Trinajstić information content (AvgIpc) is 3.23. The summed E-state index contributed by atoms with van der Waals surface area (Å²) in [4.78, 5) is 16.3. The summed E-state index contributed by atoms with van der Waals surface area (Å²) in [6.07, 6.45) is 0.893. The lowest BCUT2D eigenvalue weighted by Gasteiger charge is -2.36. The number of thiophene rings is 1. The van der Waals surface area contributed by atoms with Crippen LogP contribution >= 0.6 is 11.3 Å². The third-order valence-corrected chi connectivity index (χ3v) is 6.05. The molecule has 0 saturated heterocycles. The van der Waals surface area contributed by atoms with Gasteiger partial charge in [0.05, 0.1) is 19.8 Å². The SMILES string of the molecule is COc1ccc(C2c3ccsc3CCN2C(=O)COCc2ccccc2)cc1. The Labute approximate surface area is 169 Å². The molecule has 1 unspecified atom stereocenters. The molecular weight excluding hydrogens is 370 g/mol. The van der Waals surface area contributed by atoms with Crippen molar-refractivity contribution in [2.75, 3.05) is 20.3 Å². The maximum atomic E-state index is 13.0. The molecule has 1 amide bonds. The maximum absolute atomic E-state index is 13.0. The van der Waals surface area contributed by atoms with E-state index in [9.17, 15) is 4.79 Å². The molecule has 2 heterocycles. The van der Waals surface area contributed by atoms with Crippen LogP contribution in [0.2, 0.25) is 0 Å². The highest BCUT2D eigenvalue weighted by molar-refractivity contribution is 7.10. The van der Waals surface area contributed by atoms with Crippen molar-refractivity contribution in [2.24, 2.45) is 0 Å². The number of carbonyl (C=O) groups is 1. The van der Waals surface area contributed by atoms with Gasteiger partial charge in [-0.15, -0.1) is 11.3 Å². The van der Waals surface area contributed by atoms with Gasteiger partial charge >= 0.3 is 0 Å². The maximum Gasteiger partial charge on any atom is 0.249 e. The van der Waals surface area contributed by atoms with E-state index in [0.29, 0.717) is 13.2 Å². The fraction of sp³-hybridized carbons (Fsp3) is 0.261. The van der Waals surface area contributed by atoms with Gasteiger partial charge in [-0.05, 0) is 46.7 Å². The Kier molecular flexibility index (Phi) is 5.74. The Morgan fingerprint density at radius 3 is 2.64 bits per heavy atom. The van der Waals surface area contributed by atoms with Crippen LogP contribution in [0.15, 0.2) is 66.0 Å². The lowest BCUT2D eigenvalue weighted by Crippen LogP contribution is -2.41. The summed E-state index contributed by atoms with van der Waals surface area (Å²) in [7, 11) is 1.66. The third kappa shape index (κ3) is 3.96.